The number of unbranched alkanes of at least 4 members (excludes halogenated alkanes) is 1. The number of aliphatic hydroxyl groups excluding tert-OH is 1. The molecule has 0 aromatic heterocycles. The van der Waals surface area contributed by atoms with Crippen LogP contribution in [0.15, 0.2) is 0 Å². The molecule has 0 aliphatic rings. The maximum atomic E-state index is 8.60. The molecule has 0 saturated heterocycles. The van der Waals surface area contributed by atoms with Gasteiger partial charge in [-0.1, -0.05) is 0 Å². The molecular weight excluding hydrogens is 166 g/mol. The summed E-state index contributed by atoms with van der Waals surface area (Å²) in [5.41, 5.74) is 11.1. The van der Waals surface area contributed by atoms with Crippen molar-refractivity contribution in [2.75, 3.05) is 26.2 Å². The number of nitrogens with one attached hydrogen (secondary N) is 1. The number of hydrogen-bond donors (Lipinski definition) is 4. The lowest BCUT2D eigenvalue weighted by atomic mass is 10.1. The summed E-state index contributed by atoms with van der Waals surface area (Å²) in [5.74, 6) is 0. The van der Waals surface area contributed by atoms with Gasteiger partial charge in [0.05, 0.1) is 0 Å². The van der Waals surface area contributed by atoms with E-state index in [9.17, 15) is 0 Å². The average Bonchev–Trinajstić information content (AvgIpc) is 2.11. The van der Waals surface area contributed by atoms with Crippen LogP contribution in [0.25, 0.3) is 0 Å². The van der Waals surface area contributed by atoms with Gasteiger partial charge in [-0.05, 0) is 45.3 Å². The monoisotopic (exact) mass is 189 g/mol. The summed E-state index contributed by atoms with van der Waals surface area (Å²) in [5, 5.41) is 11.9. The van der Waals surface area contributed by atoms with E-state index in [2.05, 4.69) is 5.32 Å². The molecule has 0 aromatic rings. The predicted octanol–water partition coefficient (Wildman–Crippen LogP) is -0.585. The topological polar surface area (TPSA) is 84.3 Å². The molecule has 0 fully saturated rings. The number of nitrogens with two attached hydrogens (primary N) is 2. The Morgan fingerprint density at radius 3 is 2.54 bits per heavy atom. The molecule has 0 aliphatic carbocycles. The van der Waals surface area contributed by atoms with E-state index >= 15 is 0 Å². The lowest BCUT2D eigenvalue weighted by Crippen LogP contribution is -2.28. The zero-order valence-corrected chi connectivity index (χ0v) is 8.34. The van der Waals surface area contributed by atoms with Crippen LogP contribution in [0.3, 0.4) is 0 Å². The molecule has 0 heterocycles. The van der Waals surface area contributed by atoms with Crippen LogP contribution in [-0.2, 0) is 0 Å². The number of aliphatic hydroxyl groups is 1. The van der Waals surface area contributed by atoms with Gasteiger partial charge in [-0.3, -0.25) is 0 Å². The highest BCUT2D eigenvalue weighted by Gasteiger charge is 1.99. The summed E-state index contributed by atoms with van der Waals surface area (Å²) in [4.78, 5) is 0. The van der Waals surface area contributed by atoms with Crippen molar-refractivity contribution in [3.8, 4) is 0 Å². The van der Waals surface area contributed by atoms with Crippen molar-refractivity contribution in [3.63, 3.8) is 0 Å². The van der Waals surface area contributed by atoms with Crippen molar-refractivity contribution in [2.24, 2.45) is 11.5 Å². The SMILES string of the molecule is NCCCCNCCC(N)CCO. The molecular formula is C9H23N3O. The third-order valence-electron chi connectivity index (χ3n) is 2.00. The van der Waals surface area contributed by atoms with Gasteiger partial charge in [-0.2, -0.15) is 0 Å². The predicted molar refractivity (Wildman–Crippen MR) is 55.5 cm³/mol. The fraction of sp³-hybridized carbons (Fsp3) is 1.00. The van der Waals surface area contributed by atoms with Gasteiger partial charge in [-0.25, -0.2) is 0 Å². The number of hydrogen-bond acceptors (Lipinski definition) is 4. The lowest BCUT2D eigenvalue weighted by Gasteiger charge is -2.10. The second-order valence-electron chi connectivity index (χ2n) is 3.31. The molecule has 80 valence electrons. The molecule has 13 heavy (non-hydrogen) atoms. The van der Waals surface area contributed by atoms with Crippen molar-refractivity contribution >= 4 is 0 Å². The minimum atomic E-state index is 0.131. The van der Waals surface area contributed by atoms with Crippen molar-refractivity contribution < 1.29 is 5.11 Å². The lowest BCUT2D eigenvalue weighted by molar-refractivity contribution is 0.272. The van der Waals surface area contributed by atoms with Gasteiger partial charge in [0.15, 0.2) is 0 Å². The smallest absolute Gasteiger partial charge is 0.0445 e. The summed E-state index contributed by atoms with van der Waals surface area (Å²) >= 11 is 0. The Hall–Kier alpha value is -0.160. The third-order valence-corrected chi connectivity index (χ3v) is 2.00. The van der Waals surface area contributed by atoms with Gasteiger partial charge in [-0.15, -0.1) is 0 Å². The Morgan fingerprint density at radius 1 is 1.15 bits per heavy atom. The Labute approximate surface area is 80.7 Å². The molecule has 0 radical (unpaired) electrons. The van der Waals surface area contributed by atoms with Crippen molar-refractivity contribution in [2.45, 2.75) is 31.7 Å². The van der Waals surface area contributed by atoms with Crippen molar-refractivity contribution in [1.29, 1.82) is 0 Å². The Bertz CT molecular complexity index is 101. The highest BCUT2D eigenvalue weighted by Crippen LogP contribution is 1.91. The van der Waals surface area contributed by atoms with E-state index in [0.29, 0.717) is 6.42 Å². The molecule has 0 saturated carbocycles. The second kappa shape index (κ2) is 9.92. The molecule has 0 aromatic carbocycles. The Kier molecular flexibility index (Phi) is 9.80. The first kappa shape index (κ1) is 12.8. The summed E-state index contributed by atoms with van der Waals surface area (Å²) in [6.07, 6.45) is 3.84. The average molecular weight is 189 g/mol. The van der Waals surface area contributed by atoms with Gasteiger partial charge in [0.25, 0.3) is 0 Å². The van der Waals surface area contributed by atoms with Crippen molar-refractivity contribution in [1.82, 2.24) is 5.32 Å². The van der Waals surface area contributed by atoms with Crippen LogP contribution in [0.1, 0.15) is 25.7 Å². The highest BCUT2D eigenvalue weighted by molar-refractivity contribution is 4.62. The first-order chi connectivity index (χ1) is 6.31. The summed E-state index contributed by atoms with van der Waals surface area (Å²) in [6, 6.07) is 0.131. The largest absolute Gasteiger partial charge is 0.396 e. The molecule has 1 atom stereocenters. The molecule has 6 N–H and O–H groups in total. The maximum Gasteiger partial charge on any atom is 0.0445 e. The molecule has 0 bridgehead atoms. The van der Waals surface area contributed by atoms with Crippen LogP contribution in [-0.4, -0.2) is 37.4 Å². The van der Waals surface area contributed by atoms with Crippen LogP contribution in [0.5, 0.6) is 0 Å². The zero-order valence-electron chi connectivity index (χ0n) is 8.34. The van der Waals surface area contributed by atoms with Crippen LogP contribution in [0.2, 0.25) is 0 Å². The van der Waals surface area contributed by atoms with Crippen molar-refractivity contribution in [3.05, 3.63) is 0 Å². The fourth-order valence-corrected chi connectivity index (χ4v) is 1.12. The maximum absolute atomic E-state index is 8.60. The molecule has 4 nitrogen and oxygen atoms in total. The van der Waals surface area contributed by atoms with E-state index in [4.69, 9.17) is 16.6 Å². The molecule has 1 unspecified atom stereocenters. The van der Waals surface area contributed by atoms with Gasteiger partial charge in [0, 0.05) is 12.6 Å². The quantitative estimate of drug-likeness (QED) is 0.365. The number of rotatable bonds is 9. The van der Waals surface area contributed by atoms with E-state index < -0.39 is 0 Å². The van der Waals surface area contributed by atoms with E-state index in [1.54, 1.807) is 0 Å². The van der Waals surface area contributed by atoms with E-state index in [0.717, 1.165) is 38.9 Å². The molecule has 0 amide bonds. The van der Waals surface area contributed by atoms with Crippen LogP contribution in [0.4, 0.5) is 0 Å². The standard InChI is InChI=1S/C9H23N3O/c10-5-1-2-6-12-7-3-9(11)4-8-13/h9,12-13H,1-8,10-11H2. The van der Waals surface area contributed by atoms with Crippen LogP contribution in [0, 0.1) is 0 Å². The normalized spacial score (nSPS) is 13.2. The summed E-state index contributed by atoms with van der Waals surface area (Å²) < 4.78 is 0. The van der Waals surface area contributed by atoms with Crippen LogP contribution >= 0.6 is 0 Å². The van der Waals surface area contributed by atoms with Gasteiger partial charge in [0.1, 0.15) is 0 Å². The Morgan fingerprint density at radius 2 is 1.92 bits per heavy atom. The summed E-state index contributed by atoms with van der Waals surface area (Å²) in [6.45, 7) is 2.91. The van der Waals surface area contributed by atoms with E-state index in [-0.39, 0.29) is 12.6 Å². The first-order valence-electron chi connectivity index (χ1n) is 5.08. The first-order valence-corrected chi connectivity index (χ1v) is 5.08. The Balaban J connectivity index is 2.97. The molecule has 0 spiro atoms. The van der Waals surface area contributed by atoms with E-state index in [1.165, 1.54) is 0 Å². The van der Waals surface area contributed by atoms with E-state index in [1.807, 2.05) is 0 Å². The minimum Gasteiger partial charge on any atom is -0.396 e. The molecule has 0 rings (SSSR count). The third kappa shape index (κ3) is 9.76. The molecule has 0 aliphatic heterocycles. The van der Waals surface area contributed by atoms with Crippen LogP contribution < -0.4 is 16.8 Å². The zero-order chi connectivity index (χ0) is 9.94. The summed E-state index contributed by atoms with van der Waals surface area (Å²) in [7, 11) is 0. The van der Waals surface area contributed by atoms with Gasteiger partial charge >= 0.3 is 0 Å². The minimum absolute atomic E-state index is 0.131. The fourth-order valence-electron chi connectivity index (χ4n) is 1.12. The highest BCUT2D eigenvalue weighted by atomic mass is 16.3. The second-order valence-corrected chi connectivity index (χ2v) is 3.31. The van der Waals surface area contributed by atoms with Gasteiger partial charge < -0.3 is 21.9 Å². The molecule has 4 heteroatoms. The van der Waals surface area contributed by atoms with Gasteiger partial charge in [0.2, 0.25) is 0 Å².